The lowest BCUT2D eigenvalue weighted by Crippen LogP contribution is -2.40. The highest BCUT2D eigenvalue weighted by Gasteiger charge is 2.35. The molecule has 98 valence electrons. The topological polar surface area (TPSA) is 40.5 Å². The van der Waals surface area contributed by atoms with E-state index in [1.54, 1.807) is 11.8 Å². The van der Waals surface area contributed by atoms with E-state index in [1.807, 2.05) is 0 Å². The third kappa shape index (κ3) is 2.67. The second kappa shape index (κ2) is 5.02. The van der Waals surface area contributed by atoms with Crippen molar-refractivity contribution >= 4 is 5.97 Å². The molecule has 0 bridgehead atoms. The summed E-state index contributed by atoms with van der Waals surface area (Å²) in [5, 5.41) is 9.02. The van der Waals surface area contributed by atoms with Crippen molar-refractivity contribution < 1.29 is 18.7 Å². The fourth-order valence-electron chi connectivity index (χ4n) is 2.00. The zero-order valence-electron chi connectivity index (χ0n) is 10.1. The van der Waals surface area contributed by atoms with Gasteiger partial charge in [0.05, 0.1) is 0 Å². The molecule has 0 radical (unpaired) electrons. The Kier molecular flexibility index (Phi) is 3.61. The van der Waals surface area contributed by atoms with Crippen molar-refractivity contribution in [2.45, 2.75) is 38.4 Å². The first-order valence-corrected chi connectivity index (χ1v) is 5.92. The maximum Gasteiger partial charge on any atom is 0.320 e. The average molecular weight is 255 g/mol. The molecule has 0 saturated heterocycles. The monoisotopic (exact) mass is 255 g/mol. The summed E-state index contributed by atoms with van der Waals surface area (Å²) in [7, 11) is 0. The van der Waals surface area contributed by atoms with Crippen LogP contribution in [0.15, 0.2) is 18.2 Å². The van der Waals surface area contributed by atoms with Gasteiger partial charge in [-0.1, -0.05) is 12.1 Å². The first kappa shape index (κ1) is 13.0. The van der Waals surface area contributed by atoms with Gasteiger partial charge in [0.2, 0.25) is 0 Å². The van der Waals surface area contributed by atoms with Crippen LogP contribution in [0.1, 0.15) is 25.3 Å². The van der Waals surface area contributed by atoms with Gasteiger partial charge < -0.3 is 5.11 Å². The van der Waals surface area contributed by atoms with Crippen molar-refractivity contribution in [1.82, 2.24) is 4.90 Å². The Bertz CT molecular complexity index is 460. The molecule has 1 aliphatic rings. The Balaban J connectivity index is 2.18. The van der Waals surface area contributed by atoms with Gasteiger partial charge in [0.25, 0.3) is 0 Å². The summed E-state index contributed by atoms with van der Waals surface area (Å²) < 4.78 is 26.7. The molecule has 0 amide bonds. The number of rotatable bonds is 5. The molecular formula is C13H15F2NO2. The van der Waals surface area contributed by atoms with Gasteiger partial charge >= 0.3 is 5.97 Å². The summed E-state index contributed by atoms with van der Waals surface area (Å²) in [6.45, 7) is 1.69. The van der Waals surface area contributed by atoms with Gasteiger partial charge in [-0.05, 0) is 25.8 Å². The van der Waals surface area contributed by atoms with Crippen LogP contribution in [0.2, 0.25) is 0 Å². The summed E-state index contributed by atoms with van der Waals surface area (Å²) in [5.41, 5.74) is 0.204. The number of aliphatic carboxylic acids is 1. The number of nitrogens with zero attached hydrogens (tertiary/aromatic N) is 1. The third-order valence-electron chi connectivity index (χ3n) is 3.26. The molecule has 1 aromatic rings. The van der Waals surface area contributed by atoms with Gasteiger partial charge in [-0.15, -0.1) is 0 Å². The van der Waals surface area contributed by atoms with Crippen molar-refractivity contribution in [2.24, 2.45) is 0 Å². The normalized spacial score (nSPS) is 16.9. The maximum absolute atomic E-state index is 13.6. The molecule has 1 aromatic carbocycles. The van der Waals surface area contributed by atoms with Gasteiger partial charge in [-0.3, -0.25) is 9.69 Å². The molecule has 0 aromatic heterocycles. The minimum Gasteiger partial charge on any atom is -0.480 e. The predicted octanol–water partition coefficient (Wildman–Crippen LogP) is 2.40. The van der Waals surface area contributed by atoms with E-state index in [1.165, 1.54) is 12.1 Å². The van der Waals surface area contributed by atoms with E-state index in [-0.39, 0.29) is 18.2 Å². The largest absolute Gasteiger partial charge is 0.480 e. The molecule has 1 atom stereocenters. The van der Waals surface area contributed by atoms with E-state index in [2.05, 4.69) is 0 Å². The molecule has 1 saturated carbocycles. The van der Waals surface area contributed by atoms with Crippen LogP contribution in [-0.4, -0.2) is 28.1 Å². The van der Waals surface area contributed by atoms with Crippen LogP contribution >= 0.6 is 0 Å². The molecule has 0 spiro atoms. The lowest BCUT2D eigenvalue weighted by molar-refractivity contribution is -0.143. The number of hydrogen-bond donors (Lipinski definition) is 1. The number of hydrogen-bond acceptors (Lipinski definition) is 2. The minimum atomic E-state index is -0.946. The van der Waals surface area contributed by atoms with Gasteiger partial charge in [0, 0.05) is 18.2 Å². The smallest absolute Gasteiger partial charge is 0.320 e. The Morgan fingerprint density at radius 2 is 2.17 bits per heavy atom. The zero-order valence-corrected chi connectivity index (χ0v) is 10.1. The fraction of sp³-hybridized carbons (Fsp3) is 0.462. The maximum atomic E-state index is 13.6. The summed E-state index contributed by atoms with van der Waals surface area (Å²) in [6, 6.07) is 3.45. The average Bonchev–Trinajstić information content (AvgIpc) is 3.14. The quantitative estimate of drug-likeness (QED) is 0.878. The molecule has 2 rings (SSSR count). The van der Waals surface area contributed by atoms with E-state index >= 15 is 0 Å². The number of benzene rings is 1. The molecule has 1 unspecified atom stereocenters. The minimum absolute atomic E-state index is 0.127. The highest BCUT2D eigenvalue weighted by atomic mass is 19.2. The molecule has 18 heavy (non-hydrogen) atoms. The second-order valence-electron chi connectivity index (χ2n) is 4.63. The lowest BCUT2D eigenvalue weighted by Gasteiger charge is -2.26. The Morgan fingerprint density at radius 1 is 1.50 bits per heavy atom. The van der Waals surface area contributed by atoms with Crippen LogP contribution in [0.25, 0.3) is 0 Å². The predicted molar refractivity (Wildman–Crippen MR) is 62.0 cm³/mol. The summed E-state index contributed by atoms with van der Waals surface area (Å²) in [4.78, 5) is 12.7. The van der Waals surface area contributed by atoms with E-state index in [0.717, 1.165) is 18.9 Å². The first-order valence-electron chi connectivity index (χ1n) is 5.92. The fourth-order valence-corrected chi connectivity index (χ4v) is 2.00. The highest BCUT2D eigenvalue weighted by molar-refractivity contribution is 5.73. The van der Waals surface area contributed by atoms with Gasteiger partial charge in [-0.2, -0.15) is 0 Å². The van der Waals surface area contributed by atoms with Crippen molar-refractivity contribution in [3.63, 3.8) is 0 Å². The van der Waals surface area contributed by atoms with Crippen LogP contribution < -0.4 is 0 Å². The van der Waals surface area contributed by atoms with Crippen molar-refractivity contribution in [1.29, 1.82) is 0 Å². The Labute approximate surface area is 104 Å². The molecule has 0 heterocycles. The van der Waals surface area contributed by atoms with Crippen LogP contribution in [0.5, 0.6) is 0 Å². The van der Waals surface area contributed by atoms with Gasteiger partial charge in [-0.25, -0.2) is 8.78 Å². The standard InChI is InChI=1S/C13H15F2NO2/c1-8(13(17)18)16(10-5-6-10)7-9-3-2-4-11(14)12(9)15/h2-4,8,10H,5-7H2,1H3,(H,17,18). The molecule has 1 aliphatic carbocycles. The molecule has 1 fully saturated rings. The number of carboxylic acids is 1. The third-order valence-corrected chi connectivity index (χ3v) is 3.26. The number of carboxylic acid groups (broad SMARTS) is 1. The summed E-state index contributed by atoms with van der Waals surface area (Å²) in [5.74, 6) is -2.73. The SMILES string of the molecule is CC(C(=O)O)N(Cc1cccc(F)c1F)C1CC1. The van der Waals surface area contributed by atoms with Crippen LogP contribution in [0.3, 0.4) is 0 Å². The molecule has 0 aliphatic heterocycles. The zero-order chi connectivity index (χ0) is 13.3. The summed E-state index contributed by atoms with van der Waals surface area (Å²) in [6.07, 6.45) is 1.82. The molecule has 3 nitrogen and oxygen atoms in total. The second-order valence-corrected chi connectivity index (χ2v) is 4.63. The molecule has 5 heteroatoms. The van der Waals surface area contributed by atoms with Crippen LogP contribution in [-0.2, 0) is 11.3 Å². The van der Waals surface area contributed by atoms with E-state index in [4.69, 9.17) is 5.11 Å². The Morgan fingerprint density at radius 3 is 2.72 bits per heavy atom. The van der Waals surface area contributed by atoms with Crippen molar-refractivity contribution in [3.8, 4) is 0 Å². The van der Waals surface area contributed by atoms with E-state index < -0.39 is 23.6 Å². The van der Waals surface area contributed by atoms with Crippen LogP contribution in [0.4, 0.5) is 8.78 Å². The van der Waals surface area contributed by atoms with Gasteiger partial charge in [0.15, 0.2) is 11.6 Å². The Hall–Kier alpha value is -1.49. The number of halogens is 2. The first-order chi connectivity index (χ1) is 8.50. The highest BCUT2D eigenvalue weighted by Crippen LogP contribution is 2.30. The lowest BCUT2D eigenvalue weighted by atomic mass is 10.1. The summed E-state index contributed by atoms with van der Waals surface area (Å²) >= 11 is 0. The van der Waals surface area contributed by atoms with E-state index in [9.17, 15) is 13.6 Å². The number of carbonyl (C=O) groups is 1. The van der Waals surface area contributed by atoms with Crippen LogP contribution in [0, 0.1) is 11.6 Å². The van der Waals surface area contributed by atoms with E-state index in [0.29, 0.717) is 0 Å². The van der Waals surface area contributed by atoms with Crippen molar-refractivity contribution in [3.05, 3.63) is 35.4 Å². The van der Waals surface area contributed by atoms with Crippen molar-refractivity contribution in [2.75, 3.05) is 0 Å². The van der Waals surface area contributed by atoms with Gasteiger partial charge in [0.1, 0.15) is 6.04 Å². The molecule has 1 N–H and O–H groups in total. The molecular weight excluding hydrogens is 240 g/mol.